The topological polar surface area (TPSA) is 58.1 Å². The maximum atomic E-state index is 5.76. The highest BCUT2D eigenvalue weighted by atomic mass is 16.5. The Morgan fingerprint density at radius 1 is 1.12 bits per heavy atom. The number of nitrogens with one attached hydrogen (secondary N) is 2. The number of guanidine groups is 1. The Bertz CT molecular complexity index is 862. The van der Waals surface area contributed by atoms with Gasteiger partial charge in [-0.2, -0.15) is 0 Å². The van der Waals surface area contributed by atoms with Crippen molar-refractivity contribution in [2.75, 3.05) is 51.5 Å². The molecule has 6 heteroatoms. The largest absolute Gasteiger partial charge is 0.381 e. The highest BCUT2D eigenvalue weighted by Crippen LogP contribution is 2.28. The molecule has 2 N–H and O–H groups in total. The van der Waals surface area contributed by atoms with E-state index in [1.165, 1.54) is 22.4 Å². The third kappa shape index (κ3) is 6.47. The van der Waals surface area contributed by atoms with Crippen LogP contribution >= 0.6 is 0 Å². The van der Waals surface area contributed by atoms with E-state index in [9.17, 15) is 0 Å². The van der Waals surface area contributed by atoms with Crippen LogP contribution in [0.1, 0.15) is 29.5 Å². The fraction of sp³-hybridized carbons (Fsp3) is 0.500. The maximum Gasteiger partial charge on any atom is 0.191 e. The summed E-state index contributed by atoms with van der Waals surface area (Å²) in [5.41, 5.74) is 5.44. The van der Waals surface area contributed by atoms with Crippen molar-refractivity contribution >= 4 is 11.6 Å². The van der Waals surface area contributed by atoms with Crippen LogP contribution in [0.3, 0.4) is 0 Å². The number of fused-ring (bicyclic) bond motifs is 1. The number of ether oxygens (including phenoxy) is 2. The zero-order chi connectivity index (χ0) is 22.0. The molecule has 1 fully saturated rings. The lowest BCUT2D eigenvalue weighted by atomic mass is 10.1. The van der Waals surface area contributed by atoms with Gasteiger partial charge in [0.1, 0.15) is 0 Å². The molecular weight excluding hydrogens is 400 g/mol. The minimum absolute atomic E-state index is 0.579. The molecule has 0 aromatic heterocycles. The van der Waals surface area contributed by atoms with E-state index >= 15 is 0 Å². The smallest absolute Gasteiger partial charge is 0.191 e. The Balaban J connectivity index is 1.13. The van der Waals surface area contributed by atoms with E-state index in [1.807, 2.05) is 7.05 Å². The number of hydrogen-bond donors (Lipinski definition) is 2. The number of benzene rings is 2. The van der Waals surface area contributed by atoms with Crippen molar-refractivity contribution in [2.24, 2.45) is 10.9 Å². The molecule has 1 saturated heterocycles. The van der Waals surface area contributed by atoms with Crippen molar-refractivity contribution in [3.05, 3.63) is 65.2 Å². The molecule has 32 heavy (non-hydrogen) atoms. The second-order valence-electron chi connectivity index (χ2n) is 8.63. The predicted molar refractivity (Wildman–Crippen MR) is 130 cm³/mol. The van der Waals surface area contributed by atoms with Crippen molar-refractivity contribution in [2.45, 2.75) is 32.4 Å². The Labute approximate surface area is 192 Å². The third-order valence-electron chi connectivity index (χ3n) is 6.20. The van der Waals surface area contributed by atoms with Gasteiger partial charge in [-0.05, 0) is 42.0 Å². The molecule has 2 aromatic carbocycles. The zero-order valence-corrected chi connectivity index (χ0v) is 19.2. The first-order valence-corrected chi connectivity index (χ1v) is 11.8. The van der Waals surface area contributed by atoms with Gasteiger partial charge in [-0.1, -0.05) is 42.5 Å². The van der Waals surface area contributed by atoms with Crippen LogP contribution in [0.5, 0.6) is 0 Å². The highest BCUT2D eigenvalue weighted by molar-refractivity contribution is 5.79. The van der Waals surface area contributed by atoms with Crippen LogP contribution in [0.25, 0.3) is 0 Å². The molecular formula is C26H36N4O2. The van der Waals surface area contributed by atoms with Gasteiger partial charge < -0.3 is 25.0 Å². The number of para-hydroxylation sites is 1. The van der Waals surface area contributed by atoms with Crippen LogP contribution in [-0.2, 0) is 29.0 Å². The van der Waals surface area contributed by atoms with Crippen LogP contribution in [-0.4, -0.2) is 52.5 Å². The van der Waals surface area contributed by atoms with Gasteiger partial charge in [0.05, 0.1) is 13.2 Å². The van der Waals surface area contributed by atoms with Gasteiger partial charge in [0.15, 0.2) is 5.96 Å². The number of aliphatic imine (C=N–C) groups is 1. The molecule has 0 bridgehead atoms. The first-order chi connectivity index (χ1) is 15.8. The summed E-state index contributed by atoms with van der Waals surface area (Å²) in [5.74, 6) is 1.40. The summed E-state index contributed by atoms with van der Waals surface area (Å²) >= 11 is 0. The molecule has 0 radical (unpaired) electrons. The molecule has 2 aromatic rings. The van der Waals surface area contributed by atoms with Crippen LogP contribution < -0.4 is 15.5 Å². The first kappa shape index (κ1) is 22.6. The fourth-order valence-corrected chi connectivity index (χ4v) is 4.31. The third-order valence-corrected chi connectivity index (χ3v) is 6.20. The number of anilines is 1. The van der Waals surface area contributed by atoms with Gasteiger partial charge >= 0.3 is 0 Å². The van der Waals surface area contributed by atoms with Crippen molar-refractivity contribution in [3.8, 4) is 0 Å². The Hall–Kier alpha value is -2.57. The van der Waals surface area contributed by atoms with Crippen molar-refractivity contribution in [3.63, 3.8) is 0 Å². The van der Waals surface area contributed by atoms with E-state index < -0.39 is 0 Å². The Kier molecular flexibility index (Phi) is 8.40. The first-order valence-electron chi connectivity index (χ1n) is 11.8. The summed E-state index contributed by atoms with van der Waals surface area (Å²) in [6.07, 6.45) is 3.23. The molecule has 2 heterocycles. The zero-order valence-electron chi connectivity index (χ0n) is 19.2. The normalized spacial score (nSPS) is 18.1. The van der Waals surface area contributed by atoms with Gasteiger partial charge in [0.25, 0.3) is 0 Å². The van der Waals surface area contributed by atoms with Crippen LogP contribution in [0.4, 0.5) is 5.69 Å². The second-order valence-corrected chi connectivity index (χ2v) is 8.63. The molecule has 1 unspecified atom stereocenters. The molecule has 0 aliphatic carbocycles. The molecule has 4 rings (SSSR count). The van der Waals surface area contributed by atoms with Crippen molar-refractivity contribution in [1.82, 2.24) is 10.6 Å². The van der Waals surface area contributed by atoms with E-state index in [0.29, 0.717) is 5.92 Å². The summed E-state index contributed by atoms with van der Waals surface area (Å²) < 4.78 is 11.1. The number of rotatable bonds is 10. The quantitative estimate of drug-likeness (QED) is 0.340. The molecule has 2 aliphatic rings. The van der Waals surface area contributed by atoms with Gasteiger partial charge in [-0.3, -0.25) is 4.99 Å². The van der Waals surface area contributed by atoms with E-state index in [-0.39, 0.29) is 0 Å². The predicted octanol–water partition coefficient (Wildman–Crippen LogP) is 3.36. The fourth-order valence-electron chi connectivity index (χ4n) is 4.31. The summed E-state index contributed by atoms with van der Waals surface area (Å²) in [6.45, 7) is 6.97. The van der Waals surface area contributed by atoms with Gasteiger partial charge in [-0.15, -0.1) is 0 Å². The van der Waals surface area contributed by atoms with E-state index in [2.05, 4.69) is 69.1 Å². The minimum Gasteiger partial charge on any atom is -0.381 e. The SMILES string of the molecule is CN=C(NCCCOCC1CCOC1)NCc1ccc(CN2CCc3ccccc32)cc1. The summed E-state index contributed by atoms with van der Waals surface area (Å²) in [4.78, 5) is 6.79. The van der Waals surface area contributed by atoms with Crippen LogP contribution in [0.2, 0.25) is 0 Å². The lowest BCUT2D eigenvalue weighted by Gasteiger charge is -2.19. The summed E-state index contributed by atoms with van der Waals surface area (Å²) in [5, 5.41) is 6.76. The minimum atomic E-state index is 0.579. The van der Waals surface area contributed by atoms with E-state index in [1.54, 1.807) is 0 Å². The standard InChI is InChI=1S/C26H36N4O2/c1-27-26(28-13-4-15-31-19-23-12-16-32-20-23)29-17-21-7-9-22(10-8-21)18-30-14-11-24-5-2-3-6-25(24)30/h2-3,5-10,23H,4,11-20H2,1H3,(H2,27,28,29). The molecule has 6 nitrogen and oxygen atoms in total. The highest BCUT2D eigenvalue weighted by Gasteiger charge is 2.18. The average Bonchev–Trinajstić information content (AvgIpc) is 3.49. The van der Waals surface area contributed by atoms with E-state index in [4.69, 9.17) is 9.47 Å². The molecule has 2 aliphatic heterocycles. The van der Waals surface area contributed by atoms with Crippen molar-refractivity contribution < 1.29 is 9.47 Å². The van der Waals surface area contributed by atoms with Crippen LogP contribution in [0.15, 0.2) is 53.5 Å². The molecule has 0 spiro atoms. The van der Waals surface area contributed by atoms with E-state index in [0.717, 1.165) is 77.8 Å². The molecule has 0 saturated carbocycles. The van der Waals surface area contributed by atoms with Gasteiger partial charge in [0.2, 0.25) is 0 Å². The lowest BCUT2D eigenvalue weighted by Crippen LogP contribution is -2.37. The van der Waals surface area contributed by atoms with Crippen LogP contribution in [0, 0.1) is 5.92 Å². The van der Waals surface area contributed by atoms with Gasteiger partial charge in [-0.25, -0.2) is 0 Å². The summed E-state index contributed by atoms with van der Waals surface area (Å²) in [7, 11) is 1.81. The van der Waals surface area contributed by atoms with Gasteiger partial charge in [0, 0.05) is 58.0 Å². The molecule has 0 amide bonds. The number of hydrogen-bond acceptors (Lipinski definition) is 4. The molecule has 172 valence electrons. The second kappa shape index (κ2) is 11.9. The average molecular weight is 437 g/mol. The lowest BCUT2D eigenvalue weighted by molar-refractivity contribution is 0.0888. The number of nitrogens with zero attached hydrogens (tertiary/aromatic N) is 2. The summed E-state index contributed by atoms with van der Waals surface area (Å²) in [6, 6.07) is 17.6. The monoisotopic (exact) mass is 436 g/mol. The molecule has 1 atom stereocenters. The van der Waals surface area contributed by atoms with Crippen molar-refractivity contribution in [1.29, 1.82) is 0 Å². The Morgan fingerprint density at radius 3 is 2.78 bits per heavy atom. The Morgan fingerprint density at radius 2 is 1.97 bits per heavy atom. The maximum absolute atomic E-state index is 5.76.